The van der Waals surface area contributed by atoms with Gasteiger partial charge in [-0.3, -0.25) is 9.59 Å². The Balaban J connectivity index is 1.42. The predicted molar refractivity (Wildman–Crippen MR) is 115 cm³/mol. The van der Waals surface area contributed by atoms with Gasteiger partial charge in [-0.1, -0.05) is 6.92 Å². The van der Waals surface area contributed by atoms with E-state index in [-0.39, 0.29) is 12.1 Å². The summed E-state index contributed by atoms with van der Waals surface area (Å²) in [5.74, 6) is 0.760. The van der Waals surface area contributed by atoms with Crippen LogP contribution in [0.5, 0.6) is 0 Å². The van der Waals surface area contributed by atoms with Gasteiger partial charge in [0.15, 0.2) is 0 Å². The molecule has 2 aliphatic rings. The summed E-state index contributed by atoms with van der Waals surface area (Å²) in [5, 5.41) is 6.40. The zero-order valence-electron chi connectivity index (χ0n) is 17.7. The van der Waals surface area contributed by atoms with E-state index in [2.05, 4.69) is 22.5 Å². The highest BCUT2D eigenvalue weighted by Crippen LogP contribution is 2.21. The Morgan fingerprint density at radius 1 is 1.10 bits per heavy atom. The number of nitrogens with one attached hydrogen (secondary N) is 2. The summed E-state index contributed by atoms with van der Waals surface area (Å²) >= 11 is 0. The molecule has 2 heterocycles. The van der Waals surface area contributed by atoms with Crippen LogP contribution in [-0.2, 0) is 4.74 Å². The molecule has 2 fully saturated rings. The van der Waals surface area contributed by atoms with Crippen LogP contribution in [0.3, 0.4) is 0 Å². The van der Waals surface area contributed by atoms with Gasteiger partial charge in [0.25, 0.3) is 10.9 Å². The number of hydrogen-bond acceptors (Lipinski definition) is 7. The number of anilines is 2. The number of nitrogens with zero attached hydrogens (tertiary/aromatic N) is 2. The highest BCUT2D eigenvalue weighted by atomic mass is 16.6. The van der Waals surface area contributed by atoms with Crippen LogP contribution in [-0.4, -0.2) is 67.8 Å². The number of amides is 1. The van der Waals surface area contributed by atoms with Crippen LogP contribution >= 0.6 is 0 Å². The van der Waals surface area contributed by atoms with Gasteiger partial charge in [0, 0.05) is 32.2 Å². The molecule has 1 unspecified atom stereocenters. The maximum Gasteiger partial charge on any atom is 0.409 e. The first-order chi connectivity index (χ1) is 14.0. The topological polar surface area (TPSA) is 91.0 Å². The maximum atomic E-state index is 12.0. The third kappa shape index (κ3) is 5.50. The lowest BCUT2D eigenvalue weighted by Gasteiger charge is -2.32. The molecule has 29 heavy (non-hydrogen) atoms. The number of piperidine rings is 2. The van der Waals surface area contributed by atoms with Gasteiger partial charge in [0.05, 0.1) is 6.61 Å². The lowest BCUT2D eigenvalue weighted by atomic mass is 10.0. The molecular formula is C21H34N4O4. The fourth-order valence-electron chi connectivity index (χ4n) is 4.33. The molecule has 0 saturated carbocycles. The van der Waals surface area contributed by atoms with Crippen molar-refractivity contribution < 1.29 is 9.53 Å². The predicted octanol–water partition coefficient (Wildman–Crippen LogP) is 1.85. The van der Waals surface area contributed by atoms with E-state index < -0.39 is 10.9 Å². The minimum absolute atomic E-state index is 0.0827. The summed E-state index contributed by atoms with van der Waals surface area (Å²) in [6.45, 7) is 9.63. The first-order valence-corrected chi connectivity index (χ1v) is 11.0. The molecule has 8 heteroatoms. The summed E-state index contributed by atoms with van der Waals surface area (Å²) in [6, 6.07) is 0.0827. The van der Waals surface area contributed by atoms with Crippen LogP contribution in [0, 0.1) is 5.92 Å². The number of ether oxygens (including phenoxy) is 1. The molecule has 0 aromatic heterocycles. The number of rotatable bonds is 8. The number of hydrogen-bond donors (Lipinski definition) is 2. The summed E-state index contributed by atoms with van der Waals surface area (Å²) in [6.07, 6.45) is 4.68. The lowest BCUT2D eigenvalue weighted by Crippen LogP contribution is -2.45. The molecular weight excluding hydrogens is 372 g/mol. The standard InChI is InChI=1S/C21H34N4O4/c1-3-29-21(28)25-12-7-16(8-13-25)23-18-17(19(26)20(18)27)22-9-5-11-24-10-4-6-15(2)14-24/h15-16,22-23H,3-14H2,1-2H3. The molecule has 1 amide bonds. The molecule has 3 rings (SSSR count). The highest BCUT2D eigenvalue weighted by molar-refractivity contribution is 5.74. The Morgan fingerprint density at radius 2 is 1.83 bits per heavy atom. The minimum atomic E-state index is -0.440. The maximum absolute atomic E-state index is 12.0. The van der Waals surface area contributed by atoms with E-state index in [9.17, 15) is 14.4 Å². The van der Waals surface area contributed by atoms with Crippen LogP contribution < -0.4 is 21.5 Å². The molecule has 1 aromatic carbocycles. The van der Waals surface area contributed by atoms with Crippen LogP contribution in [0.4, 0.5) is 16.2 Å². The summed E-state index contributed by atoms with van der Waals surface area (Å²) in [7, 11) is 0. The minimum Gasteiger partial charge on any atom is -0.450 e. The molecule has 162 valence electrons. The largest absolute Gasteiger partial charge is 0.450 e. The van der Waals surface area contributed by atoms with Crippen molar-refractivity contribution in [1.29, 1.82) is 0 Å². The second-order valence-corrected chi connectivity index (χ2v) is 8.34. The van der Waals surface area contributed by atoms with Crippen molar-refractivity contribution in [2.75, 3.05) is 56.5 Å². The molecule has 2 saturated heterocycles. The van der Waals surface area contributed by atoms with E-state index in [0.717, 1.165) is 44.8 Å². The van der Waals surface area contributed by atoms with Crippen LogP contribution in [0.25, 0.3) is 0 Å². The van der Waals surface area contributed by atoms with Crippen molar-refractivity contribution in [2.45, 2.75) is 52.0 Å². The Morgan fingerprint density at radius 3 is 2.52 bits per heavy atom. The molecule has 0 radical (unpaired) electrons. The van der Waals surface area contributed by atoms with Gasteiger partial charge >= 0.3 is 6.09 Å². The number of likely N-dealkylation sites (tertiary alicyclic amines) is 2. The summed E-state index contributed by atoms with van der Waals surface area (Å²) in [5.41, 5.74) is -0.0285. The monoisotopic (exact) mass is 406 g/mol. The zero-order chi connectivity index (χ0) is 20.8. The average molecular weight is 407 g/mol. The number of carbonyl (C=O) groups is 1. The van der Waals surface area contributed by atoms with E-state index in [1.54, 1.807) is 11.8 Å². The van der Waals surface area contributed by atoms with Crippen molar-refractivity contribution in [3.8, 4) is 0 Å². The van der Waals surface area contributed by atoms with Crippen molar-refractivity contribution in [2.24, 2.45) is 5.92 Å². The van der Waals surface area contributed by atoms with Crippen LogP contribution in [0.2, 0.25) is 0 Å². The molecule has 8 nitrogen and oxygen atoms in total. The van der Waals surface area contributed by atoms with Gasteiger partial charge in [0.2, 0.25) is 0 Å². The van der Waals surface area contributed by atoms with Gasteiger partial charge in [0.1, 0.15) is 11.4 Å². The van der Waals surface area contributed by atoms with Gasteiger partial charge in [-0.05, 0) is 58.0 Å². The third-order valence-corrected chi connectivity index (χ3v) is 5.97. The molecule has 0 spiro atoms. The van der Waals surface area contributed by atoms with E-state index in [4.69, 9.17) is 4.74 Å². The SMILES string of the molecule is CCOC(=O)N1CCC(Nc2c(NCCCN3CCCC(C)C3)c(=O)c2=O)CC1. The van der Waals surface area contributed by atoms with Crippen molar-refractivity contribution in [3.63, 3.8) is 0 Å². The molecule has 0 aliphatic carbocycles. The van der Waals surface area contributed by atoms with Gasteiger partial charge < -0.3 is 25.2 Å². The molecule has 0 bridgehead atoms. The normalized spacial score (nSPS) is 21.3. The Labute approximate surface area is 172 Å². The van der Waals surface area contributed by atoms with Gasteiger partial charge in [-0.15, -0.1) is 0 Å². The summed E-state index contributed by atoms with van der Waals surface area (Å²) in [4.78, 5) is 39.9. The van der Waals surface area contributed by atoms with E-state index in [0.29, 0.717) is 37.6 Å². The molecule has 2 aliphatic heterocycles. The Kier molecular flexibility index (Phi) is 7.52. The molecule has 1 atom stereocenters. The van der Waals surface area contributed by atoms with Crippen LogP contribution in [0.15, 0.2) is 9.59 Å². The van der Waals surface area contributed by atoms with E-state index in [1.165, 1.54) is 12.8 Å². The van der Waals surface area contributed by atoms with Crippen molar-refractivity contribution in [1.82, 2.24) is 9.80 Å². The third-order valence-electron chi connectivity index (χ3n) is 5.97. The Hall–Kier alpha value is -2.09. The quantitative estimate of drug-likeness (QED) is 0.503. The zero-order valence-corrected chi connectivity index (χ0v) is 17.7. The first kappa shape index (κ1) is 21.6. The second kappa shape index (κ2) is 10.1. The first-order valence-electron chi connectivity index (χ1n) is 11.0. The molecule has 1 aromatic rings. The van der Waals surface area contributed by atoms with E-state index in [1.807, 2.05) is 0 Å². The average Bonchev–Trinajstić information content (AvgIpc) is 2.73. The van der Waals surface area contributed by atoms with Crippen molar-refractivity contribution >= 4 is 17.5 Å². The smallest absolute Gasteiger partial charge is 0.409 e. The lowest BCUT2D eigenvalue weighted by molar-refractivity contribution is 0.0983. The van der Waals surface area contributed by atoms with Crippen molar-refractivity contribution in [3.05, 3.63) is 20.4 Å². The molecule has 2 N–H and O–H groups in total. The fraction of sp³-hybridized carbons (Fsp3) is 0.762. The van der Waals surface area contributed by atoms with Gasteiger partial charge in [-0.25, -0.2) is 4.79 Å². The second-order valence-electron chi connectivity index (χ2n) is 8.34. The number of carbonyl (C=O) groups excluding carboxylic acids is 1. The van der Waals surface area contributed by atoms with Gasteiger partial charge in [-0.2, -0.15) is 0 Å². The Bertz CT molecular complexity index is 750. The highest BCUT2D eigenvalue weighted by Gasteiger charge is 2.27. The van der Waals surface area contributed by atoms with Crippen LogP contribution in [0.1, 0.15) is 46.0 Å². The fourth-order valence-corrected chi connectivity index (χ4v) is 4.33. The summed E-state index contributed by atoms with van der Waals surface area (Å²) < 4.78 is 5.03. The van der Waals surface area contributed by atoms with E-state index >= 15 is 0 Å².